The van der Waals surface area contributed by atoms with Crippen LogP contribution in [0, 0.1) is 13.8 Å². The van der Waals surface area contributed by atoms with Gasteiger partial charge in [0.15, 0.2) is 0 Å². The van der Waals surface area contributed by atoms with Gasteiger partial charge < -0.3 is 15.0 Å². The van der Waals surface area contributed by atoms with Gasteiger partial charge in [-0.05, 0) is 45.4 Å². The Morgan fingerprint density at radius 3 is 2.70 bits per heavy atom. The number of aromatic nitrogens is 2. The Labute approximate surface area is 135 Å². The molecule has 6 nitrogen and oxygen atoms in total. The summed E-state index contributed by atoms with van der Waals surface area (Å²) in [6.07, 6.45) is 1.68. The molecule has 0 aliphatic rings. The van der Waals surface area contributed by atoms with Gasteiger partial charge in [-0.1, -0.05) is 6.07 Å². The number of ether oxygens (including phenoxy) is 1. The second-order valence-corrected chi connectivity index (χ2v) is 5.30. The lowest BCUT2D eigenvalue weighted by Crippen LogP contribution is -2.28. The first-order valence-electron chi connectivity index (χ1n) is 7.53. The zero-order valence-corrected chi connectivity index (χ0v) is 13.8. The average molecular weight is 315 g/mol. The van der Waals surface area contributed by atoms with E-state index in [1.807, 2.05) is 25.1 Å². The molecule has 0 saturated heterocycles. The van der Waals surface area contributed by atoms with Gasteiger partial charge in [0.05, 0.1) is 23.9 Å². The second-order valence-electron chi connectivity index (χ2n) is 5.30. The van der Waals surface area contributed by atoms with E-state index in [4.69, 9.17) is 4.74 Å². The zero-order chi connectivity index (χ0) is 17.0. The predicted octanol–water partition coefficient (Wildman–Crippen LogP) is 2.69. The van der Waals surface area contributed by atoms with Crippen molar-refractivity contribution >= 4 is 11.9 Å². The molecule has 0 spiro atoms. The zero-order valence-electron chi connectivity index (χ0n) is 13.8. The van der Waals surface area contributed by atoms with Crippen LogP contribution in [-0.4, -0.2) is 28.5 Å². The van der Waals surface area contributed by atoms with Crippen LogP contribution in [0.3, 0.4) is 0 Å². The maximum atomic E-state index is 12.5. The highest BCUT2D eigenvalue weighted by molar-refractivity contribution is 6.00. The summed E-state index contributed by atoms with van der Waals surface area (Å²) in [6.45, 7) is 7.38. The van der Waals surface area contributed by atoms with Crippen molar-refractivity contribution in [2.24, 2.45) is 0 Å². The van der Waals surface area contributed by atoms with Crippen molar-refractivity contribution in [3.63, 3.8) is 0 Å². The normalized spacial score (nSPS) is 11.8. The highest BCUT2D eigenvalue weighted by atomic mass is 16.5. The Hall–Kier alpha value is -2.63. The highest BCUT2D eigenvalue weighted by Crippen LogP contribution is 2.20. The Morgan fingerprint density at radius 1 is 1.35 bits per heavy atom. The lowest BCUT2D eigenvalue weighted by atomic mass is 10.1. The number of hydrogen-bond donors (Lipinski definition) is 2. The minimum atomic E-state index is -0.421. The number of rotatable bonds is 5. The summed E-state index contributed by atoms with van der Waals surface area (Å²) in [4.78, 5) is 31.7. The maximum Gasteiger partial charge on any atom is 0.340 e. The molecule has 1 amide bonds. The van der Waals surface area contributed by atoms with Crippen LogP contribution in [0.5, 0.6) is 0 Å². The van der Waals surface area contributed by atoms with Crippen LogP contribution in [0.1, 0.15) is 57.7 Å². The van der Waals surface area contributed by atoms with Gasteiger partial charge in [0, 0.05) is 11.9 Å². The molecule has 0 aliphatic carbocycles. The van der Waals surface area contributed by atoms with Crippen LogP contribution < -0.4 is 5.32 Å². The molecular formula is C17H21N3O3. The summed E-state index contributed by atoms with van der Waals surface area (Å²) in [7, 11) is 0. The fourth-order valence-corrected chi connectivity index (χ4v) is 2.46. The molecule has 2 heterocycles. The quantitative estimate of drug-likeness (QED) is 0.831. The molecule has 122 valence electrons. The Kier molecular flexibility index (Phi) is 5.16. The van der Waals surface area contributed by atoms with E-state index >= 15 is 0 Å². The van der Waals surface area contributed by atoms with Crippen molar-refractivity contribution in [3.05, 3.63) is 52.6 Å². The molecular weight excluding hydrogens is 294 g/mol. The van der Waals surface area contributed by atoms with Crippen LogP contribution in [-0.2, 0) is 4.74 Å². The fourth-order valence-electron chi connectivity index (χ4n) is 2.46. The Morgan fingerprint density at radius 2 is 2.09 bits per heavy atom. The molecule has 23 heavy (non-hydrogen) atoms. The lowest BCUT2D eigenvalue weighted by Gasteiger charge is -2.13. The van der Waals surface area contributed by atoms with Gasteiger partial charge in [-0.2, -0.15) is 0 Å². The SMILES string of the molecule is CCOC(=O)c1c(C)[nH]c(C(=O)N[C@H](C)c2ccccn2)c1C. The first kappa shape index (κ1) is 16.7. The van der Waals surface area contributed by atoms with Gasteiger partial charge in [-0.15, -0.1) is 0 Å². The number of pyridine rings is 1. The number of aromatic amines is 1. The number of carbonyl (C=O) groups excluding carboxylic acids is 2. The smallest absolute Gasteiger partial charge is 0.340 e. The van der Waals surface area contributed by atoms with Gasteiger partial charge in [0.25, 0.3) is 5.91 Å². The topological polar surface area (TPSA) is 84.1 Å². The number of H-pyrrole nitrogens is 1. The molecule has 0 unspecified atom stereocenters. The third-order valence-corrected chi connectivity index (χ3v) is 3.62. The van der Waals surface area contributed by atoms with Crippen molar-refractivity contribution in [1.82, 2.24) is 15.3 Å². The van der Waals surface area contributed by atoms with Gasteiger partial charge in [-0.3, -0.25) is 9.78 Å². The number of nitrogens with zero attached hydrogens (tertiary/aromatic N) is 1. The molecule has 0 aromatic carbocycles. The standard InChI is InChI=1S/C17H21N3O3/c1-5-23-17(22)14-10(2)15(19-12(14)4)16(21)20-11(3)13-8-6-7-9-18-13/h6-9,11,19H,5H2,1-4H3,(H,20,21)/t11-/m1/s1. The number of nitrogens with one attached hydrogen (secondary N) is 2. The predicted molar refractivity (Wildman–Crippen MR) is 86.3 cm³/mol. The van der Waals surface area contributed by atoms with E-state index in [0.717, 1.165) is 5.69 Å². The van der Waals surface area contributed by atoms with E-state index in [1.54, 1.807) is 27.0 Å². The first-order valence-corrected chi connectivity index (χ1v) is 7.53. The molecule has 2 aromatic heterocycles. The molecule has 0 fully saturated rings. The van der Waals surface area contributed by atoms with Crippen molar-refractivity contribution in [1.29, 1.82) is 0 Å². The van der Waals surface area contributed by atoms with Gasteiger partial charge >= 0.3 is 5.97 Å². The van der Waals surface area contributed by atoms with E-state index in [0.29, 0.717) is 29.1 Å². The summed E-state index contributed by atoms with van der Waals surface area (Å²) >= 11 is 0. The summed E-state index contributed by atoms with van der Waals surface area (Å²) in [6, 6.07) is 5.30. The molecule has 2 N–H and O–H groups in total. The summed E-state index contributed by atoms with van der Waals surface area (Å²) in [5, 5.41) is 2.88. The van der Waals surface area contributed by atoms with Crippen LogP contribution in [0.2, 0.25) is 0 Å². The fraction of sp³-hybridized carbons (Fsp3) is 0.353. The molecule has 0 bridgehead atoms. The van der Waals surface area contributed by atoms with Gasteiger partial charge in [-0.25, -0.2) is 4.79 Å². The minimum Gasteiger partial charge on any atom is -0.462 e. The van der Waals surface area contributed by atoms with Crippen molar-refractivity contribution in [2.45, 2.75) is 33.7 Å². The van der Waals surface area contributed by atoms with E-state index < -0.39 is 5.97 Å². The Balaban J connectivity index is 2.20. The van der Waals surface area contributed by atoms with Gasteiger partial charge in [0.2, 0.25) is 0 Å². The minimum absolute atomic E-state index is 0.238. The third kappa shape index (κ3) is 3.59. The largest absolute Gasteiger partial charge is 0.462 e. The molecule has 6 heteroatoms. The number of carbonyl (C=O) groups is 2. The highest BCUT2D eigenvalue weighted by Gasteiger charge is 2.23. The molecule has 1 atom stereocenters. The number of aryl methyl sites for hydroxylation is 1. The average Bonchev–Trinajstić information content (AvgIpc) is 2.83. The molecule has 2 aromatic rings. The number of hydrogen-bond acceptors (Lipinski definition) is 4. The molecule has 0 radical (unpaired) electrons. The summed E-state index contributed by atoms with van der Waals surface area (Å²) in [5.74, 6) is -0.699. The van der Waals surface area contributed by atoms with E-state index in [9.17, 15) is 9.59 Å². The first-order chi connectivity index (χ1) is 11.0. The van der Waals surface area contributed by atoms with Crippen molar-refractivity contribution in [2.75, 3.05) is 6.61 Å². The van der Waals surface area contributed by atoms with Gasteiger partial charge in [0.1, 0.15) is 5.69 Å². The molecule has 0 aliphatic heterocycles. The molecule has 2 rings (SSSR count). The number of amides is 1. The second kappa shape index (κ2) is 7.09. The summed E-state index contributed by atoms with van der Waals surface area (Å²) in [5.41, 5.74) is 2.77. The number of esters is 1. The van der Waals surface area contributed by atoms with E-state index in [2.05, 4.69) is 15.3 Å². The third-order valence-electron chi connectivity index (χ3n) is 3.62. The Bertz CT molecular complexity index is 707. The van der Waals surface area contributed by atoms with E-state index in [-0.39, 0.29) is 11.9 Å². The van der Waals surface area contributed by atoms with Crippen molar-refractivity contribution in [3.8, 4) is 0 Å². The molecule has 0 saturated carbocycles. The van der Waals surface area contributed by atoms with E-state index in [1.165, 1.54) is 0 Å². The van der Waals surface area contributed by atoms with Crippen LogP contribution >= 0.6 is 0 Å². The van der Waals surface area contributed by atoms with Crippen molar-refractivity contribution < 1.29 is 14.3 Å². The monoisotopic (exact) mass is 315 g/mol. The maximum absolute atomic E-state index is 12.5. The lowest BCUT2D eigenvalue weighted by molar-refractivity contribution is 0.0525. The van der Waals surface area contributed by atoms with Crippen LogP contribution in [0.15, 0.2) is 24.4 Å². The summed E-state index contributed by atoms with van der Waals surface area (Å²) < 4.78 is 5.03. The van der Waals surface area contributed by atoms with Crippen LogP contribution in [0.4, 0.5) is 0 Å². The van der Waals surface area contributed by atoms with Crippen LogP contribution in [0.25, 0.3) is 0 Å².